The number of fused-ring (bicyclic) bond motifs is 1. The van der Waals surface area contributed by atoms with Gasteiger partial charge >= 0.3 is 0 Å². The number of aryl methyl sites for hydroxylation is 3. The molecule has 1 aromatic heterocycles. The zero-order valence-electron chi connectivity index (χ0n) is 23.6. The number of aromatic nitrogens is 2. The molecular weight excluding hydrogens is 568 g/mol. The van der Waals surface area contributed by atoms with E-state index in [0.717, 1.165) is 70.6 Å². The molecule has 3 heterocycles. The van der Waals surface area contributed by atoms with Crippen LogP contribution in [-0.2, 0) is 27.8 Å². The summed E-state index contributed by atoms with van der Waals surface area (Å²) >= 11 is 3.63. The standard InChI is InChI=1S/C31H37BrN6O2/c1-19-15-21(22-8-6-14-38(17-22)18-27(39)33-4)11-12-24(19)36-30-34-16-23(32)25(37-30)13-10-20-7-5-9-26-28(20)31(2,3)29(40)35-26/h5,7,9,11-12,15-16,22H,6,8,10,13-14,17-18H2,1-4H3,(H,33,39)(H,35,40)(H,34,36,37). The fraction of sp³-hybridized carbons (Fsp3) is 0.419. The minimum Gasteiger partial charge on any atom is -0.358 e. The fourth-order valence-electron chi connectivity index (χ4n) is 5.89. The highest BCUT2D eigenvalue weighted by atomic mass is 79.9. The molecule has 2 aliphatic heterocycles. The van der Waals surface area contributed by atoms with Gasteiger partial charge in [-0.25, -0.2) is 9.97 Å². The van der Waals surface area contributed by atoms with Crippen molar-refractivity contribution >= 4 is 45.1 Å². The molecule has 8 nitrogen and oxygen atoms in total. The third kappa shape index (κ3) is 5.90. The second kappa shape index (κ2) is 11.7. The Morgan fingerprint density at radius 3 is 2.83 bits per heavy atom. The summed E-state index contributed by atoms with van der Waals surface area (Å²) in [5.41, 5.74) is 6.91. The number of carbonyl (C=O) groups excluding carboxylic acids is 2. The van der Waals surface area contributed by atoms with Crippen molar-refractivity contribution in [1.29, 1.82) is 0 Å². The van der Waals surface area contributed by atoms with Gasteiger partial charge in [-0.1, -0.05) is 24.3 Å². The molecule has 1 saturated heterocycles. The van der Waals surface area contributed by atoms with Crippen molar-refractivity contribution in [2.75, 3.05) is 37.3 Å². The number of halogens is 1. The molecule has 2 aliphatic rings. The number of amides is 2. The fourth-order valence-corrected chi connectivity index (χ4v) is 6.28. The highest BCUT2D eigenvalue weighted by Gasteiger charge is 2.39. The second-order valence-electron chi connectivity index (χ2n) is 11.4. The number of likely N-dealkylation sites (N-methyl/N-ethyl adjacent to an activating group) is 1. The van der Waals surface area contributed by atoms with Gasteiger partial charge in [0.15, 0.2) is 0 Å². The van der Waals surface area contributed by atoms with Crippen LogP contribution in [0.15, 0.2) is 47.1 Å². The third-order valence-electron chi connectivity index (χ3n) is 8.16. The van der Waals surface area contributed by atoms with E-state index in [0.29, 0.717) is 24.8 Å². The molecule has 0 saturated carbocycles. The quantitative estimate of drug-likeness (QED) is 0.325. The topological polar surface area (TPSA) is 99.3 Å². The molecular formula is C31H37BrN6O2. The normalized spacial score (nSPS) is 18.2. The SMILES string of the molecule is CNC(=O)CN1CCCC(c2ccc(Nc3ncc(Br)c(CCc4cccc5c4C(C)(C)C(=O)N5)n3)c(C)c2)C1. The lowest BCUT2D eigenvalue weighted by Gasteiger charge is -2.32. The Hall–Kier alpha value is -3.30. The largest absolute Gasteiger partial charge is 0.358 e. The van der Waals surface area contributed by atoms with Crippen LogP contribution in [0.4, 0.5) is 17.3 Å². The highest BCUT2D eigenvalue weighted by Crippen LogP contribution is 2.40. The number of anilines is 3. The Morgan fingerprint density at radius 1 is 1.23 bits per heavy atom. The number of hydrogen-bond donors (Lipinski definition) is 3. The lowest BCUT2D eigenvalue weighted by atomic mass is 9.82. The second-order valence-corrected chi connectivity index (χ2v) is 12.2. The van der Waals surface area contributed by atoms with E-state index < -0.39 is 5.41 Å². The Balaban J connectivity index is 1.27. The van der Waals surface area contributed by atoms with Gasteiger partial charge in [0, 0.05) is 31.2 Å². The molecule has 0 spiro atoms. The molecule has 9 heteroatoms. The van der Waals surface area contributed by atoms with Crippen molar-refractivity contribution in [3.63, 3.8) is 0 Å². The monoisotopic (exact) mass is 604 g/mol. The number of rotatable bonds is 8. The van der Waals surface area contributed by atoms with Crippen molar-refractivity contribution < 1.29 is 9.59 Å². The average Bonchev–Trinajstić information content (AvgIpc) is 3.18. The van der Waals surface area contributed by atoms with Gasteiger partial charge in [0.25, 0.3) is 0 Å². The predicted octanol–water partition coefficient (Wildman–Crippen LogP) is 5.23. The van der Waals surface area contributed by atoms with Gasteiger partial charge in [-0.15, -0.1) is 0 Å². The minimum absolute atomic E-state index is 0.0377. The lowest BCUT2D eigenvalue weighted by molar-refractivity contribution is -0.122. The molecule has 40 heavy (non-hydrogen) atoms. The number of nitrogens with one attached hydrogen (secondary N) is 3. The van der Waals surface area contributed by atoms with Crippen LogP contribution in [0.1, 0.15) is 60.6 Å². The van der Waals surface area contributed by atoms with Crippen molar-refractivity contribution in [3.8, 4) is 0 Å². The van der Waals surface area contributed by atoms with E-state index >= 15 is 0 Å². The van der Waals surface area contributed by atoms with E-state index in [1.807, 2.05) is 26.0 Å². The van der Waals surface area contributed by atoms with Crippen LogP contribution < -0.4 is 16.0 Å². The number of carbonyl (C=O) groups is 2. The Labute approximate surface area is 244 Å². The van der Waals surface area contributed by atoms with Gasteiger partial charge in [0.1, 0.15) is 0 Å². The number of hydrogen-bond acceptors (Lipinski definition) is 6. The van der Waals surface area contributed by atoms with E-state index in [1.165, 1.54) is 5.56 Å². The van der Waals surface area contributed by atoms with Gasteiger partial charge in [0.2, 0.25) is 17.8 Å². The Bertz CT molecular complexity index is 1440. The maximum Gasteiger partial charge on any atom is 0.234 e. The predicted molar refractivity (Wildman–Crippen MR) is 162 cm³/mol. The van der Waals surface area contributed by atoms with Crippen LogP contribution in [-0.4, -0.2) is 53.4 Å². The molecule has 1 fully saturated rings. The molecule has 0 radical (unpaired) electrons. The molecule has 2 amide bonds. The summed E-state index contributed by atoms with van der Waals surface area (Å²) in [6.07, 6.45) is 5.49. The number of piperidine rings is 1. The first-order valence-corrected chi connectivity index (χ1v) is 14.7. The first kappa shape index (κ1) is 28.2. The summed E-state index contributed by atoms with van der Waals surface area (Å²) in [6, 6.07) is 12.6. The summed E-state index contributed by atoms with van der Waals surface area (Å²) in [5.74, 6) is 1.07. The zero-order valence-corrected chi connectivity index (χ0v) is 25.2. The third-order valence-corrected chi connectivity index (χ3v) is 8.82. The molecule has 3 aromatic rings. The number of likely N-dealkylation sites (tertiary alicyclic amines) is 1. The van der Waals surface area contributed by atoms with Gasteiger partial charge < -0.3 is 16.0 Å². The summed E-state index contributed by atoms with van der Waals surface area (Å²) in [7, 11) is 1.69. The average molecular weight is 606 g/mol. The highest BCUT2D eigenvalue weighted by molar-refractivity contribution is 9.10. The van der Waals surface area contributed by atoms with Crippen LogP contribution in [0.2, 0.25) is 0 Å². The summed E-state index contributed by atoms with van der Waals surface area (Å²) < 4.78 is 0.866. The smallest absolute Gasteiger partial charge is 0.234 e. The molecule has 0 aliphatic carbocycles. The summed E-state index contributed by atoms with van der Waals surface area (Å²) in [5, 5.41) is 9.15. The number of benzene rings is 2. The van der Waals surface area contributed by atoms with E-state index in [9.17, 15) is 9.59 Å². The van der Waals surface area contributed by atoms with Crippen molar-refractivity contribution in [1.82, 2.24) is 20.2 Å². The maximum atomic E-state index is 12.5. The molecule has 0 bridgehead atoms. The first-order valence-electron chi connectivity index (χ1n) is 13.9. The summed E-state index contributed by atoms with van der Waals surface area (Å²) in [4.78, 5) is 35.9. The first-order chi connectivity index (χ1) is 19.2. The van der Waals surface area contributed by atoms with E-state index in [-0.39, 0.29) is 11.8 Å². The van der Waals surface area contributed by atoms with Crippen molar-refractivity contribution in [2.24, 2.45) is 0 Å². The van der Waals surface area contributed by atoms with Crippen LogP contribution in [0, 0.1) is 6.92 Å². The van der Waals surface area contributed by atoms with Crippen molar-refractivity contribution in [3.05, 3.63) is 75.0 Å². The molecule has 1 atom stereocenters. The molecule has 2 aromatic carbocycles. The van der Waals surface area contributed by atoms with Gasteiger partial charge in [-0.05, 0) is 109 Å². The summed E-state index contributed by atoms with van der Waals surface area (Å²) in [6.45, 7) is 8.36. The van der Waals surface area contributed by atoms with Crippen LogP contribution in [0.25, 0.3) is 0 Å². The lowest BCUT2D eigenvalue weighted by Crippen LogP contribution is -2.41. The zero-order chi connectivity index (χ0) is 28.4. The molecule has 3 N–H and O–H groups in total. The van der Waals surface area contributed by atoms with E-state index in [4.69, 9.17) is 4.98 Å². The molecule has 210 valence electrons. The molecule has 1 unspecified atom stereocenters. The Morgan fingerprint density at radius 2 is 2.05 bits per heavy atom. The number of nitrogens with zero attached hydrogens (tertiary/aromatic N) is 3. The Kier molecular flexibility index (Phi) is 8.24. The van der Waals surface area contributed by atoms with Crippen molar-refractivity contribution in [2.45, 2.75) is 57.8 Å². The van der Waals surface area contributed by atoms with Gasteiger partial charge in [-0.2, -0.15) is 0 Å². The van der Waals surface area contributed by atoms with E-state index in [1.54, 1.807) is 13.2 Å². The van der Waals surface area contributed by atoms with Gasteiger partial charge in [-0.3, -0.25) is 14.5 Å². The van der Waals surface area contributed by atoms with Crippen LogP contribution in [0.3, 0.4) is 0 Å². The maximum absolute atomic E-state index is 12.5. The van der Waals surface area contributed by atoms with E-state index in [2.05, 4.69) is 73.0 Å². The molecule has 5 rings (SSSR count). The van der Waals surface area contributed by atoms with Crippen LogP contribution >= 0.6 is 15.9 Å². The van der Waals surface area contributed by atoms with Crippen LogP contribution in [0.5, 0.6) is 0 Å². The van der Waals surface area contributed by atoms with Gasteiger partial charge in [0.05, 0.1) is 22.1 Å². The minimum atomic E-state index is -0.550.